The third-order valence-corrected chi connectivity index (χ3v) is 5.66. The molecule has 146 valence electrons. The van der Waals surface area contributed by atoms with Crippen LogP contribution in [-0.2, 0) is 16.9 Å². The van der Waals surface area contributed by atoms with Crippen molar-refractivity contribution < 1.29 is 14.2 Å². The van der Waals surface area contributed by atoms with Crippen LogP contribution in [0.3, 0.4) is 0 Å². The highest BCUT2D eigenvalue weighted by Gasteiger charge is 2.44. The van der Waals surface area contributed by atoms with Crippen LogP contribution in [0.15, 0.2) is 48.5 Å². The lowest BCUT2D eigenvalue weighted by Gasteiger charge is -2.44. The van der Waals surface area contributed by atoms with Gasteiger partial charge >= 0.3 is 0 Å². The van der Waals surface area contributed by atoms with Crippen molar-refractivity contribution in [1.82, 2.24) is 4.90 Å². The van der Waals surface area contributed by atoms with Gasteiger partial charge in [-0.3, -0.25) is 0 Å². The average Bonchev–Trinajstić information content (AvgIpc) is 2.65. The van der Waals surface area contributed by atoms with Crippen molar-refractivity contribution in [1.29, 1.82) is 0 Å². The third-order valence-electron chi connectivity index (χ3n) is 5.66. The van der Waals surface area contributed by atoms with E-state index in [1.807, 2.05) is 38.4 Å². The van der Waals surface area contributed by atoms with E-state index in [1.165, 1.54) is 6.07 Å². The zero-order chi connectivity index (χ0) is 19.4. The van der Waals surface area contributed by atoms with Gasteiger partial charge in [0.25, 0.3) is 0 Å². The molecule has 0 saturated heterocycles. The molecule has 0 spiro atoms. The molecule has 2 aromatic carbocycles. The number of ether oxygens (including phenoxy) is 1. The SMILES string of the molecule is Cc1ccc(C2(O)CCC(OCc3ccccc3)CC2CN(C)C)cc1F. The summed E-state index contributed by atoms with van der Waals surface area (Å²) in [5.74, 6) is -0.267. The summed E-state index contributed by atoms with van der Waals surface area (Å²) >= 11 is 0. The van der Waals surface area contributed by atoms with Crippen LogP contribution < -0.4 is 0 Å². The first kappa shape index (κ1) is 20.0. The van der Waals surface area contributed by atoms with Crippen LogP contribution in [0.4, 0.5) is 4.39 Å². The molecule has 1 aliphatic rings. The summed E-state index contributed by atoms with van der Waals surface area (Å²) < 4.78 is 20.3. The van der Waals surface area contributed by atoms with Gasteiger partial charge in [-0.1, -0.05) is 42.5 Å². The molecule has 4 heteroatoms. The average molecular weight is 371 g/mol. The molecular weight excluding hydrogens is 341 g/mol. The van der Waals surface area contributed by atoms with Crippen molar-refractivity contribution in [3.05, 3.63) is 71.0 Å². The lowest BCUT2D eigenvalue weighted by molar-refractivity contribution is -0.110. The number of halogens is 1. The van der Waals surface area contributed by atoms with Crippen molar-refractivity contribution in [2.45, 2.75) is 44.5 Å². The summed E-state index contributed by atoms with van der Waals surface area (Å²) in [6.07, 6.45) is 2.21. The van der Waals surface area contributed by atoms with E-state index in [9.17, 15) is 9.50 Å². The van der Waals surface area contributed by atoms with Gasteiger partial charge in [-0.25, -0.2) is 4.39 Å². The second kappa shape index (κ2) is 8.51. The van der Waals surface area contributed by atoms with Crippen LogP contribution in [-0.4, -0.2) is 36.8 Å². The van der Waals surface area contributed by atoms with Gasteiger partial charge in [0, 0.05) is 12.5 Å². The molecule has 3 nitrogen and oxygen atoms in total. The maximum absolute atomic E-state index is 14.1. The van der Waals surface area contributed by atoms with Crippen LogP contribution in [0.5, 0.6) is 0 Å². The first-order valence-corrected chi connectivity index (χ1v) is 9.68. The molecular formula is C23H30FNO2. The smallest absolute Gasteiger partial charge is 0.126 e. The largest absolute Gasteiger partial charge is 0.385 e. The number of nitrogens with zero attached hydrogens (tertiary/aromatic N) is 1. The standard InChI is InChI=1S/C23H30FNO2/c1-17-9-10-19(14-22(17)24)23(26)12-11-21(13-20(23)15-25(2)3)27-16-18-7-5-4-6-8-18/h4-10,14,20-21,26H,11-13,15-16H2,1-3H3. The Morgan fingerprint density at radius 1 is 1.19 bits per heavy atom. The Morgan fingerprint density at radius 2 is 1.93 bits per heavy atom. The fourth-order valence-electron chi connectivity index (χ4n) is 4.06. The predicted octanol–water partition coefficient (Wildman–Crippen LogP) is 4.27. The number of aliphatic hydroxyl groups is 1. The minimum absolute atomic E-state index is 0.0101. The van der Waals surface area contributed by atoms with Gasteiger partial charge in [0.1, 0.15) is 5.82 Å². The van der Waals surface area contributed by atoms with Crippen molar-refractivity contribution in [3.63, 3.8) is 0 Å². The predicted molar refractivity (Wildman–Crippen MR) is 106 cm³/mol. The van der Waals surface area contributed by atoms with E-state index < -0.39 is 5.60 Å². The van der Waals surface area contributed by atoms with E-state index in [-0.39, 0.29) is 17.8 Å². The van der Waals surface area contributed by atoms with Gasteiger partial charge < -0.3 is 14.7 Å². The molecule has 3 rings (SSSR count). The summed E-state index contributed by atoms with van der Waals surface area (Å²) in [6, 6.07) is 15.3. The maximum Gasteiger partial charge on any atom is 0.126 e. The van der Waals surface area contributed by atoms with Crippen molar-refractivity contribution in [3.8, 4) is 0 Å². The Bertz CT molecular complexity index is 749. The van der Waals surface area contributed by atoms with Gasteiger partial charge in [-0.05, 0) is 63.0 Å². The number of hydrogen-bond acceptors (Lipinski definition) is 3. The maximum atomic E-state index is 14.1. The Balaban J connectivity index is 1.75. The van der Waals surface area contributed by atoms with E-state index in [1.54, 1.807) is 13.0 Å². The molecule has 1 aliphatic carbocycles. The number of rotatable bonds is 6. The van der Waals surface area contributed by atoms with Crippen LogP contribution in [0.2, 0.25) is 0 Å². The summed E-state index contributed by atoms with van der Waals surface area (Å²) in [6.45, 7) is 3.06. The molecule has 2 aromatic rings. The highest BCUT2D eigenvalue weighted by atomic mass is 19.1. The minimum atomic E-state index is -1.02. The van der Waals surface area contributed by atoms with Gasteiger partial charge in [-0.15, -0.1) is 0 Å². The first-order chi connectivity index (χ1) is 12.9. The van der Waals surface area contributed by atoms with Crippen molar-refractivity contribution in [2.75, 3.05) is 20.6 Å². The normalized spacial score (nSPS) is 25.7. The lowest BCUT2D eigenvalue weighted by Crippen LogP contribution is -2.46. The number of hydrogen-bond donors (Lipinski definition) is 1. The second-order valence-corrected chi connectivity index (χ2v) is 8.04. The zero-order valence-corrected chi connectivity index (χ0v) is 16.5. The molecule has 0 aliphatic heterocycles. The van der Waals surface area contributed by atoms with E-state index >= 15 is 0 Å². The third kappa shape index (κ3) is 4.75. The van der Waals surface area contributed by atoms with Crippen molar-refractivity contribution in [2.24, 2.45) is 5.92 Å². The monoisotopic (exact) mass is 371 g/mol. The highest BCUT2D eigenvalue weighted by Crippen LogP contribution is 2.43. The summed E-state index contributed by atoms with van der Waals surface area (Å²) in [5.41, 5.74) is 1.42. The summed E-state index contributed by atoms with van der Waals surface area (Å²) in [5, 5.41) is 11.5. The minimum Gasteiger partial charge on any atom is -0.385 e. The van der Waals surface area contributed by atoms with Crippen LogP contribution >= 0.6 is 0 Å². The lowest BCUT2D eigenvalue weighted by atomic mass is 9.70. The quantitative estimate of drug-likeness (QED) is 0.823. The zero-order valence-electron chi connectivity index (χ0n) is 16.5. The van der Waals surface area contributed by atoms with E-state index in [2.05, 4.69) is 17.0 Å². The molecule has 0 amide bonds. The molecule has 0 aromatic heterocycles. The molecule has 0 heterocycles. The molecule has 1 N–H and O–H groups in total. The van der Waals surface area contributed by atoms with Gasteiger partial charge in [0.05, 0.1) is 18.3 Å². The molecule has 1 fully saturated rings. The van der Waals surface area contributed by atoms with Gasteiger partial charge in [0.15, 0.2) is 0 Å². The Labute approximate surface area is 161 Å². The second-order valence-electron chi connectivity index (χ2n) is 8.04. The summed E-state index contributed by atoms with van der Waals surface area (Å²) in [7, 11) is 4.01. The highest BCUT2D eigenvalue weighted by molar-refractivity contribution is 5.29. The van der Waals surface area contributed by atoms with Gasteiger partial charge in [-0.2, -0.15) is 0 Å². The Morgan fingerprint density at radius 3 is 2.59 bits per heavy atom. The molecule has 0 radical (unpaired) electrons. The topological polar surface area (TPSA) is 32.7 Å². The number of benzene rings is 2. The fourth-order valence-corrected chi connectivity index (χ4v) is 4.06. The first-order valence-electron chi connectivity index (χ1n) is 9.68. The molecule has 3 atom stereocenters. The number of aryl methyl sites for hydroxylation is 1. The fraction of sp³-hybridized carbons (Fsp3) is 0.478. The molecule has 3 unspecified atom stereocenters. The van der Waals surface area contributed by atoms with Crippen LogP contribution in [0.1, 0.15) is 36.0 Å². The summed E-state index contributed by atoms with van der Waals surface area (Å²) in [4.78, 5) is 2.08. The molecule has 1 saturated carbocycles. The van der Waals surface area contributed by atoms with Crippen LogP contribution in [0, 0.1) is 18.7 Å². The Hall–Kier alpha value is -1.75. The van der Waals surface area contributed by atoms with E-state index in [0.717, 1.165) is 24.9 Å². The van der Waals surface area contributed by atoms with E-state index in [0.29, 0.717) is 24.2 Å². The Kier molecular flexibility index (Phi) is 6.30. The van der Waals surface area contributed by atoms with Crippen LogP contribution in [0.25, 0.3) is 0 Å². The molecule has 0 bridgehead atoms. The molecule has 27 heavy (non-hydrogen) atoms. The van der Waals surface area contributed by atoms with Crippen molar-refractivity contribution >= 4 is 0 Å². The van der Waals surface area contributed by atoms with E-state index in [4.69, 9.17) is 4.74 Å². The van der Waals surface area contributed by atoms with Gasteiger partial charge in [0.2, 0.25) is 0 Å².